The number of carbonyl (C=O) groups is 1. The van der Waals surface area contributed by atoms with Crippen molar-refractivity contribution in [1.29, 1.82) is 0 Å². The third kappa shape index (κ3) is 1.70. The van der Waals surface area contributed by atoms with E-state index < -0.39 is 6.17 Å². The number of rotatable bonds is 1. The Balaban J connectivity index is 1.94. The van der Waals surface area contributed by atoms with Gasteiger partial charge in [-0.15, -0.1) is 0 Å². The minimum atomic E-state index is -0.414. The number of amides is 1. The molecule has 2 aliphatic rings. The topological polar surface area (TPSA) is 104 Å². The first-order valence-electron chi connectivity index (χ1n) is 5.31. The van der Waals surface area contributed by atoms with Gasteiger partial charge in [-0.2, -0.15) is 0 Å². The fourth-order valence-electron chi connectivity index (χ4n) is 2.00. The summed E-state index contributed by atoms with van der Waals surface area (Å²) in [5.41, 5.74) is 12.3. The fourth-order valence-corrected chi connectivity index (χ4v) is 2.00. The summed E-state index contributed by atoms with van der Waals surface area (Å²) < 4.78 is 0. The molecule has 7 nitrogen and oxygen atoms in total. The summed E-state index contributed by atoms with van der Waals surface area (Å²) in [6, 6.07) is 3.59. The van der Waals surface area contributed by atoms with E-state index in [1.165, 1.54) is 0 Å². The molecule has 0 bridgehead atoms. The number of nitrogens with one attached hydrogen (secondary N) is 3. The van der Waals surface area contributed by atoms with E-state index in [-0.39, 0.29) is 18.0 Å². The molecule has 0 saturated carbocycles. The van der Waals surface area contributed by atoms with Gasteiger partial charge >= 0.3 is 0 Å². The molecule has 5 N–H and O–H groups in total. The van der Waals surface area contributed by atoms with Gasteiger partial charge in [-0.05, 0) is 12.1 Å². The standard InChI is InChI=1S/C10H12N6O/c11-7-6-9(16-15-7)13-8(14-10(6)17)5-1-3-12-4-2-5/h1-4,6-7,9,15-16H,11H2,(H,13,14,17). The molecule has 3 heterocycles. The van der Waals surface area contributed by atoms with Crippen LogP contribution in [0.3, 0.4) is 0 Å². The van der Waals surface area contributed by atoms with Crippen LogP contribution in [0.4, 0.5) is 0 Å². The van der Waals surface area contributed by atoms with E-state index >= 15 is 0 Å². The van der Waals surface area contributed by atoms with Gasteiger partial charge < -0.3 is 11.1 Å². The lowest BCUT2D eigenvalue weighted by Gasteiger charge is -2.24. The SMILES string of the molecule is NC1NNC2N=C(c3ccncc3)NC(=O)C12. The second kappa shape index (κ2) is 3.88. The Morgan fingerprint density at radius 1 is 1.24 bits per heavy atom. The maximum Gasteiger partial charge on any atom is 0.235 e. The van der Waals surface area contributed by atoms with Crippen LogP contribution in [-0.4, -0.2) is 29.1 Å². The summed E-state index contributed by atoms with van der Waals surface area (Å²) in [5, 5.41) is 2.76. The van der Waals surface area contributed by atoms with Crippen LogP contribution in [0.25, 0.3) is 0 Å². The van der Waals surface area contributed by atoms with Crippen molar-refractivity contribution in [2.75, 3.05) is 0 Å². The van der Waals surface area contributed by atoms with E-state index in [0.29, 0.717) is 5.84 Å². The largest absolute Gasteiger partial charge is 0.314 e. The summed E-state index contributed by atoms with van der Waals surface area (Å²) in [6.45, 7) is 0. The van der Waals surface area contributed by atoms with Gasteiger partial charge in [-0.1, -0.05) is 0 Å². The average Bonchev–Trinajstić information content (AvgIpc) is 2.73. The fraction of sp³-hybridized carbons (Fsp3) is 0.300. The summed E-state index contributed by atoms with van der Waals surface area (Å²) in [4.78, 5) is 20.2. The van der Waals surface area contributed by atoms with Crippen LogP contribution in [0.2, 0.25) is 0 Å². The number of pyridine rings is 1. The van der Waals surface area contributed by atoms with Crippen molar-refractivity contribution < 1.29 is 4.79 Å². The van der Waals surface area contributed by atoms with E-state index in [4.69, 9.17) is 5.73 Å². The van der Waals surface area contributed by atoms with Gasteiger partial charge in [0, 0.05) is 18.0 Å². The monoisotopic (exact) mass is 232 g/mol. The Morgan fingerprint density at radius 3 is 2.76 bits per heavy atom. The zero-order valence-corrected chi connectivity index (χ0v) is 8.92. The summed E-state index contributed by atoms with van der Waals surface area (Å²) in [7, 11) is 0. The van der Waals surface area contributed by atoms with Crippen molar-refractivity contribution in [2.24, 2.45) is 16.6 Å². The Bertz CT molecular complexity index is 473. The molecule has 0 aromatic carbocycles. The zero-order valence-electron chi connectivity index (χ0n) is 8.92. The van der Waals surface area contributed by atoms with Crippen LogP contribution in [0.15, 0.2) is 29.5 Å². The van der Waals surface area contributed by atoms with Crippen molar-refractivity contribution in [1.82, 2.24) is 21.2 Å². The smallest absolute Gasteiger partial charge is 0.235 e. The number of aromatic nitrogens is 1. The molecule has 1 fully saturated rings. The molecule has 3 atom stereocenters. The number of nitrogens with zero attached hydrogens (tertiary/aromatic N) is 2. The molecule has 17 heavy (non-hydrogen) atoms. The van der Waals surface area contributed by atoms with E-state index in [1.54, 1.807) is 24.5 Å². The first-order valence-corrected chi connectivity index (χ1v) is 5.31. The number of amidine groups is 1. The van der Waals surface area contributed by atoms with Crippen LogP contribution in [-0.2, 0) is 4.79 Å². The Hall–Kier alpha value is -1.83. The molecule has 1 amide bonds. The molecule has 0 radical (unpaired) electrons. The molecule has 2 aliphatic heterocycles. The number of hydrogen-bond donors (Lipinski definition) is 4. The summed E-state index contributed by atoms with van der Waals surface area (Å²) >= 11 is 0. The lowest BCUT2D eigenvalue weighted by molar-refractivity contribution is -0.124. The van der Waals surface area contributed by atoms with Crippen molar-refractivity contribution in [3.63, 3.8) is 0 Å². The molecule has 88 valence electrons. The van der Waals surface area contributed by atoms with Gasteiger partial charge in [0.05, 0.1) is 6.17 Å². The molecule has 0 spiro atoms. The highest BCUT2D eigenvalue weighted by atomic mass is 16.2. The zero-order chi connectivity index (χ0) is 11.8. The first kappa shape index (κ1) is 10.3. The van der Waals surface area contributed by atoms with Crippen molar-refractivity contribution in [2.45, 2.75) is 12.3 Å². The number of hydrogen-bond acceptors (Lipinski definition) is 6. The van der Waals surface area contributed by atoms with Crippen LogP contribution in [0.5, 0.6) is 0 Å². The molecular weight excluding hydrogens is 220 g/mol. The number of carbonyl (C=O) groups excluding carboxylic acids is 1. The number of hydrazine groups is 1. The lowest BCUT2D eigenvalue weighted by atomic mass is 10.0. The molecule has 7 heteroatoms. The predicted molar refractivity (Wildman–Crippen MR) is 60.4 cm³/mol. The second-order valence-corrected chi connectivity index (χ2v) is 3.99. The van der Waals surface area contributed by atoms with E-state index in [2.05, 4.69) is 26.1 Å². The minimum absolute atomic E-state index is 0.123. The Kier molecular flexibility index (Phi) is 2.36. The first-order chi connectivity index (χ1) is 8.25. The van der Waals surface area contributed by atoms with E-state index in [1.807, 2.05) is 0 Å². The maximum atomic E-state index is 11.9. The molecule has 1 aromatic rings. The van der Waals surface area contributed by atoms with Crippen LogP contribution in [0, 0.1) is 5.92 Å². The van der Waals surface area contributed by atoms with Gasteiger partial charge in [0.25, 0.3) is 0 Å². The van der Waals surface area contributed by atoms with E-state index in [0.717, 1.165) is 5.56 Å². The van der Waals surface area contributed by atoms with Crippen molar-refractivity contribution >= 4 is 11.7 Å². The van der Waals surface area contributed by atoms with Crippen LogP contribution in [0.1, 0.15) is 5.56 Å². The van der Waals surface area contributed by atoms with E-state index in [9.17, 15) is 4.79 Å². The molecule has 3 rings (SSSR count). The Morgan fingerprint density at radius 2 is 2.00 bits per heavy atom. The number of nitrogens with two attached hydrogens (primary N) is 1. The maximum absolute atomic E-state index is 11.9. The second-order valence-electron chi connectivity index (χ2n) is 3.99. The quantitative estimate of drug-likeness (QED) is 0.461. The molecule has 1 aromatic heterocycles. The van der Waals surface area contributed by atoms with Gasteiger partial charge in [0.1, 0.15) is 17.9 Å². The highest BCUT2D eigenvalue weighted by Crippen LogP contribution is 2.18. The van der Waals surface area contributed by atoms with Crippen LogP contribution < -0.4 is 21.9 Å². The minimum Gasteiger partial charge on any atom is -0.314 e. The molecular formula is C10H12N6O. The van der Waals surface area contributed by atoms with Crippen molar-refractivity contribution in [3.05, 3.63) is 30.1 Å². The van der Waals surface area contributed by atoms with Gasteiger partial charge in [-0.3, -0.25) is 9.78 Å². The summed E-state index contributed by atoms with van der Waals surface area (Å²) in [5.74, 6) is 0.0458. The predicted octanol–water partition coefficient (Wildman–Crippen LogP) is -1.71. The number of fused-ring (bicyclic) bond motifs is 1. The summed E-state index contributed by atoms with van der Waals surface area (Å²) in [6.07, 6.45) is 2.58. The molecule has 0 aliphatic carbocycles. The third-order valence-electron chi connectivity index (χ3n) is 2.89. The van der Waals surface area contributed by atoms with Crippen molar-refractivity contribution in [3.8, 4) is 0 Å². The highest BCUT2D eigenvalue weighted by Gasteiger charge is 2.42. The van der Waals surface area contributed by atoms with Gasteiger partial charge in [-0.25, -0.2) is 15.8 Å². The molecule has 3 unspecified atom stereocenters. The highest BCUT2D eigenvalue weighted by molar-refractivity contribution is 6.10. The average molecular weight is 232 g/mol. The molecule has 1 saturated heterocycles. The normalized spacial score (nSPS) is 31.7. The lowest BCUT2D eigenvalue weighted by Crippen LogP contribution is -2.51. The third-order valence-corrected chi connectivity index (χ3v) is 2.89. The van der Waals surface area contributed by atoms with Crippen LogP contribution >= 0.6 is 0 Å². The van der Waals surface area contributed by atoms with Gasteiger partial charge in [0.2, 0.25) is 5.91 Å². The number of aliphatic imine (C=N–C) groups is 1. The van der Waals surface area contributed by atoms with Gasteiger partial charge in [0.15, 0.2) is 0 Å². The Labute approximate surface area is 97.5 Å².